The van der Waals surface area contributed by atoms with E-state index in [0.717, 1.165) is 10.6 Å². The van der Waals surface area contributed by atoms with Crippen LogP contribution in [-0.2, 0) is 0 Å². The molecule has 0 aliphatic rings. The van der Waals surface area contributed by atoms with Gasteiger partial charge in [-0.2, -0.15) is 0 Å². The number of halogens is 1. The summed E-state index contributed by atoms with van der Waals surface area (Å²) in [6.07, 6.45) is 0. The Labute approximate surface area is 144 Å². The van der Waals surface area contributed by atoms with E-state index in [2.05, 4.69) is 10.3 Å². The number of thiazole rings is 1. The number of hydrogen-bond donors (Lipinski definition) is 1. The SMILES string of the molecule is Cc1c(C(=O)Nc2nc(-c3cccs3)cs2)oc2ccc(F)cc12. The number of aromatic nitrogens is 1. The van der Waals surface area contributed by atoms with Crippen molar-refractivity contribution in [3.8, 4) is 10.6 Å². The smallest absolute Gasteiger partial charge is 0.293 e. The zero-order valence-corrected chi connectivity index (χ0v) is 14.1. The summed E-state index contributed by atoms with van der Waals surface area (Å²) >= 11 is 2.94. The Bertz CT molecular complexity index is 1030. The fourth-order valence-corrected chi connectivity index (χ4v) is 3.90. The first-order valence-corrected chi connectivity index (χ1v) is 8.87. The van der Waals surface area contributed by atoms with Gasteiger partial charge in [-0.3, -0.25) is 10.1 Å². The number of fused-ring (bicyclic) bond motifs is 1. The van der Waals surface area contributed by atoms with Gasteiger partial charge in [-0.05, 0) is 36.6 Å². The molecule has 1 amide bonds. The summed E-state index contributed by atoms with van der Waals surface area (Å²) in [4.78, 5) is 17.9. The number of furan rings is 1. The average Bonchev–Trinajstić information content (AvgIpc) is 3.28. The predicted molar refractivity (Wildman–Crippen MR) is 94.3 cm³/mol. The number of thiophene rings is 1. The molecule has 4 aromatic rings. The maximum Gasteiger partial charge on any atom is 0.293 e. The van der Waals surface area contributed by atoms with E-state index < -0.39 is 5.91 Å². The number of carbonyl (C=O) groups is 1. The third kappa shape index (κ3) is 2.61. The van der Waals surface area contributed by atoms with E-state index in [1.54, 1.807) is 18.3 Å². The van der Waals surface area contributed by atoms with Crippen molar-refractivity contribution in [3.63, 3.8) is 0 Å². The van der Waals surface area contributed by atoms with Gasteiger partial charge in [0.25, 0.3) is 5.91 Å². The molecule has 0 fully saturated rings. The zero-order valence-electron chi connectivity index (χ0n) is 12.5. The molecule has 4 nitrogen and oxygen atoms in total. The van der Waals surface area contributed by atoms with Crippen molar-refractivity contribution in [3.05, 3.63) is 58.2 Å². The second kappa shape index (κ2) is 5.85. The van der Waals surface area contributed by atoms with Crippen LogP contribution < -0.4 is 5.32 Å². The lowest BCUT2D eigenvalue weighted by Gasteiger charge is -1.99. The molecule has 0 atom stereocenters. The van der Waals surface area contributed by atoms with E-state index in [-0.39, 0.29) is 11.6 Å². The Morgan fingerprint density at radius 3 is 2.96 bits per heavy atom. The highest BCUT2D eigenvalue weighted by Gasteiger charge is 2.19. The van der Waals surface area contributed by atoms with Crippen LogP contribution in [0.3, 0.4) is 0 Å². The van der Waals surface area contributed by atoms with Crippen molar-refractivity contribution < 1.29 is 13.6 Å². The zero-order chi connectivity index (χ0) is 16.7. The van der Waals surface area contributed by atoms with Crippen molar-refractivity contribution in [2.45, 2.75) is 6.92 Å². The van der Waals surface area contributed by atoms with E-state index in [9.17, 15) is 9.18 Å². The molecular weight excluding hydrogens is 347 g/mol. The quantitative estimate of drug-likeness (QED) is 0.539. The van der Waals surface area contributed by atoms with Gasteiger partial charge in [0.05, 0.1) is 10.6 Å². The van der Waals surface area contributed by atoms with Gasteiger partial charge in [0, 0.05) is 16.3 Å². The number of hydrogen-bond acceptors (Lipinski definition) is 5. The number of benzene rings is 1. The predicted octanol–water partition coefficient (Wildman–Crippen LogP) is 5.32. The molecule has 0 bridgehead atoms. The molecule has 0 saturated carbocycles. The fraction of sp³-hybridized carbons (Fsp3) is 0.0588. The van der Waals surface area contributed by atoms with Gasteiger partial charge in [0.1, 0.15) is 11.4 Å². The minimum absolute atomic E-state index is 0.170. The third-order valence-electron chi connectivity index (χ3n) is 3.60. The summed E-state index contributed by atoms with van der Waals surface area (Å²) in [5.41, 5.74) is 1.92. The van der Waals surface area contributed by atoms with Gasteiger partial charge < -0.3 is 4.42 Å². The summed E-state index contributed by atoms with van der Waals surface area (Å²) in [7, 11) is 0. The normalized spacial score (nSPS) is 11.1. The molecule has 0 unspecified atom stereocenters. The van der Waals surface area contributed by atoms with Crippen LogP contribution in [0, 0.1) is 12.7 Å². The Hall–Kier alpha value is -2.51. The molecule has 3 heterocycles. The second-order valence-electron chi connectivity index (χ2n) is 5.17. The van der Waals surface area contributed by atoms with Crippen LogP contribution >= 0.6 is 22.7 Å². The standard InChI is InChI=1S/C17H11FN2O2S2/c1-9-11-7-10(18)4-5-13(11)22-15(9)16(21)20-17-19-12(8-24-17)14-3-2-6-23-14/h2-8H,1H3,(H,19,20,21). The molecule has 120 valence electrons. The van der Waals surface area contributed by atoms with Gasteiger partial charge in [-0.25, -0.2) is 9.37 Å². The van der Waals surface area contributed by atoms with Crippen molar-refractivity contribution in [2.24, 2.45) is 0 Å². The number of rotatable bonds is 3. The molecule has 24 heavy (non-hydrogen) atoms. The van der Waals surface area contributed by atoms with Gasteiger partial charge in [0.15, 0.2) is 10.9 Å². The largest absolute Gasteiger partial charge is 0.451 e. The molecule has 4 rings (SSSR count). The molecule has 3 aromatic heterocycles. The van der Waals surface area contributed by atoms with Crippen LogP contribution in [0.15, 0.2) is 45.5 Å². The monoisotopic (exact) mass is 358 g/mol. The van der Waals surface area contributed by atoms with Crippen LogP contribution in [0.4, 0.5) is 9.52 Å². The molecule has 0 aliphatic carbocycles. The number of anilines is 1. The van der Waals surface area contributed by atoms with E-state index in [4.69, 9.17) is 4.42 Å². The summed E-state index contributed by atoms with van der Waals surface area (Å²) in [5.74, 6) is -0.585. The lowest BCUT2D eigenvalue weighted by Crippen LogP contribution is -2.11. The van der Waals surface area contributed by atoms with Crippen molar-refractivity contribution in [1.29, 1.82) is 0 Å². The number of carbonyl (C=O) groups excluding carboxylic acids is 1. The summed E-state index contributed by atoms with van der Waals surface area (Å²) < 4.78 is 18.9. The minimum atomic E-state index is -0.392. The minimum Gasteiger partial charge on any atom is -0.451 e. The molecule has 0 radical (unpaired) electrons. The van der Waals surface area contributed by atoms with Gasteiger partial charge in [-0.15, -0.1) is 22.7 Å². The fourth-order valence-electron chi connectivity index (χ4n) is 2.43. The third-order valence-corrected chi connectivity index (χ3v) is 5.25. The van der Waals surface area contributed by atoms with Crippen LogP contribution in [0.25, 0.3) is 21.5 Å². The molecule has 0 spiro atoms. The van der Waals surface area contributed by atoms with E-state index >= 15 is 0 Å². The lowest BCUT2D eigenvalue weighted by molar-refractivity contribution is 0.0998. The van der Waals surface area contributed by atoms with E-state index in [1.807, 2.05) is 22.9 Å². The average molecular weight is 358 g/mol. The topological polar surface area (TPSA) is 55.1 Å². The summed E-state index contributed by atoms with van der Waals surface area (Å²) in [6, 6.07) is 8.12. The number of nitrogens with zero attached hydrogens (tertiary/aromatic N) is 1. The molecule has 1 aromatic carbocycles. The highest BCUT2D eigenvalue weighted by atomic mass is 32.1. The van der Waals surface area contributed by atoms with Crippen molar-refractivity contribution in [2.75, 3.05) is 5.32 Å². The second-order valence-corrected chi connectivity index (χ2v) is 6.97. The maximum absolute atomic E-state index is 13.4. The van der Waals surface area contributed by atoms with Gasteiger partial charge >= 0.3 is 0 Å². The number of aryl methyl sites for hydroxylation is 1. The number of amides is 1. The van der Waals surface area contributed by atoms with Crippen LogP contribution in [-0.4, -0.2) is 10.9 Å². The summed E-state index contributed by atoms with van der Waals surface area (Å²) in [6.45, 7) is 1.74. The molecule has 0 saturated heterocycles. The first kappa shape index (κ1) is 15.0. The molecule has 7 heteroatoms. The maximum atomic E-state index is 13.4. The Balaban J connectivity index is 1.62. The highest BCUT2D eigenvalue weighted by Crippen LogP contribution is 2.30. The van der Waals surface area contributed by atoms with Crippen LogP contribution in [0.5, 0.6) is 0 Å². The summed E-state index contributed by atoms with van der Waals surface area (Å²) in [5, 5.41) is 7.70. The van der Waals surface area contributed by atoms with Gasteiger partial charge in [0.2, 0.25) is 0 Å². The molecular formula is C17H11FN2O2S2. The number of nitrogens with one attached hydrogen (secondary N) is 1. The Morgan fingerprint density at radius 2 is 2.17 bits per heavy atom. The van der Waals surface area contributed by atoms with E-state index in [1.165, 1.54) is 29.5 Å². The first-order chi connectivity index (χ1) is 11.6. The van der Waals surface area contributed by atoms with Crippen LogP contribution in [0.2, 0.25) is 0 Å². The van der Waals surface area contributed by atoms with Gasteiger partial charge in [-0.1, -0.05) is 6.07 Å². The lowest BCUT2D eigenvalue weighted by atomic mass is 10.1. The van der Waals surface area contributed by atoms with E-state index in [0.29, 0.717) is 21.7 Å². The van der Waals surface area contributed by atoms with Crippen LogP contribution in [0.1, 0.15) is 16.1 Å². The molecule has 1 N–H and O–H groups in total. The first-order valence-electron chi connectivity index (χ1n) is 7.11. The Kier molecular flexibility index (Phi) is 3.66. The van der Waals surface area contributed by atoms with Crippen molar-refractivity contribution >= 4 is 44.7 Å². The Morgan fingerprint density at radius 1 is 1.29 bits per heavy atom. The molecule has 0 aliphatic heterocycles. The van der Waals surface area contributed by atoms with Crippen molar-refractivity contribution in [1.82, 2.24) is 4.98 Å². The highest BCUT2D eigenvalue weighted by molar-refractivity contribution is 7.16.